The third-order valence-corrected chi connectivity index (χ3v) is 3.85. The Morgan fingerprint density at radius 1 is 1.47 bits per heavy atom. The smallest absolute Gasteiger partial charge is 0.141 e. The van der Waals surface area contributed by atoms with Crippen molar-refractivity contribution < 1.29 is 9.18 Å². The molecule has 0 spiro atoms. The van der Waals surface area contributed by atoms with Crippen LogP contribution in [0, 0.1) is 11.7 Å². The lowest BCUT2D eigenvalue weighted by Gasteiger charge is -2.14. The van der Waals surface area contributed by atoms with Gasteiger partial charge in [-0.15, -0.1) is 0 Å². The molecule has 17 heavy (non-hydrogen) atoms. The highest BCUT2D eigenvalue weighted by atomic mass is 79.9. The molecule has 1 aromatic rings. The molecule has 0 saturated heterocycles. The molecule has 0 amide bonds. The molecule has 0 bridgehead atoms. The highest BCUT2D eigenvalue weighted by Crippen LogP contribution is 2.26. The predicted molar refractivity (Wildman–Crippen MR) is 68.1 cm³/mol. The zero-order chi connectivity index (χ0) is 12.4. The van der Waals surface area contributed by atoms with Gasteiger partial charge in [0.1, 0.15) is 11.6 Å². The van der Waals surface area contributed by atoms with Crippen LogP contribution in [-0.4, -0.2) is 11.8 Å². The van der Waals surface area contributed by atoms with Gasteiger partial charge < -0.3 is 5.73 Å². The molecule has 0 radical (unpaired) electrons. The Morgan fingerprint density at radius 3 is 2.88 bits per heavy atom. The van der Waals surface area contributed by atoms with Gasteiger partial charge in [-0.2, -0.15) is 0 Å². The summed E-state index contributed by atoms with van der Waals surface area (Å²) in [7, 11) is 0. The average molecular weight is 300 g/mol. The van der Waals surface area contributed by atoms with Crippen LogP contribution in [0.1, 0.15) is 24.8 Å². The Hall–Kier alpha value is -0.740. The van der Waals surface area contributed by atoms with Crippen molar-refractivity contribution in [1.82, 2.24) is 0 Å². The summed E-state index contributed by atoms with van der Waals surface area (Å²) in [5.41, 5.74) is 6.33. The number of hydrogen-bond donors (Lipinski definition) is 1. The van der Waals surface area contributed by atoms with Crippen molar-refractivity contribution in [1.29, 1.82) is 0 Å². The fraction of sp³-hybridized carbons (Fsp3) is 0.462. The molecule has 2 atom stereocenters. The van der Waals surface area contributed by atoms with Crippen LogP contribution in [0.2, 0.25) is 0 Å². The van der Waals surface area contributed by atoms with Crippen LogP contribution in [0.3, 0.4) is 0 Å². The first-order valence-corrected chi connectivity index (χ1v) is 6.59. The van der Waals surface area contributed by atoms with Gasteiger partial charge in [0.15, 0.2) is 0 Å². The number of halogens is 2. The maximum Gasteiger partial charge on any atom is 0.141 e. The first-order chi connectivity index (χ1) is 8.08. The van der Waals surface area contributed by atoms with Crippen LogP contribution in [0.4, 0.5) is 4.39 Å². The van der Waals surface area contributed by atoms with Gasteiger partial charge in [-0.05, 0) is 36.6 Å². The summed E-state index contributed by atoms with van der Waals surface area (Å²) in [6.07, 6.45) is 2.88. The lowest BCUT2D eigenvalue weighted by molar-refractivity contribution is -0.122. The number of carbonyl (C=O) groups excluding carboxylic acids is 1. The maximum absolute atomic E-state index is 13.5. The van der Waals surface area contributed by atoms with Crippen LogP contribution in [-0.2, 0) is 11.2 Å². The Morgan fingerprint density at radius 2 is 2.24 bits per heavy atom. The number of nitrogens with two attached hydrogens (primary N) is 1. The summed E-state index contributed by atoms with van der Waals surface area (Å²) in [5, 5.41) is 0. The molecule has 1 aromatic carbocycles. The molecule has 1 aliphatic carbocycles. The molecule has 92 valence electrons. The van der Waals surface area contributed by atoms with E-state index in [0.717, 1.165) is 23.7 Å². The van der Waals surface area contributed by atoms with Crippen molar-refractivity contribution in [2.45, 2.75) is 31.7 Å². The number of ketones is 1. The average Bonchev–Trinajstić information content (AvgIpc) is 2.70. The summed E-state index contributed by atoms with van der Waals surface area (Å²) in [6, 6.07) is 4.62. The fourth-order valence-corrected chi connectivity index (χ4v) is 2.79. The van der Waals surface area contributed by atoms with Gasteiger partial charge in [-0.1, -0.05) is 22.4 Å². The molecule has 1 aliphatic rings. The normalized spacial score (nSPS) is 23.9. The summed E-state index contributed by atoms with van der Waals surface area (Å²) in [5.74, 6) is -0.353. The Labute approximate surface area is 109 Å². The summed E-state index contributed by atoms with van der Waals surface area (Å²) in [6.45, 7) is 0. The highest BCUT2D eigenvalue weighted by Gasteiger charge is 2.30. The van der Waals surface area contributed by atoms with E-state index in [2.05, 4.69) is 15.9 Å². The Bertz CT molecular complexity index is 435. The zero-order valence-electron chi connectivity index (χ0n) is 9.46. The number of Topliss-reactive ketones (excluding diaryl/α,β-unsaturated/α-hetero) is 1. The number of hydrogen-bond acceptors (Lipinski definition) is 2. The summed E-state index contributed by atoms with van der Waals surface area (Å²) < 4.78 is 14.3. The third kappa shape index (κ3) is 2.93. The van der Waals surface area contributed by atoms with E-state index in [1.165, 1.54) is 6.07 Å². The molecule has 1 saturated carbocycles. The van der Waals surface area contributed by atoms with Crippen molar-refractivity contribution in [2.75, 3.05) is 0 Å². The van der Waals surface area contributed by atoms with Gasteiger partial charge in [0.2, 0.25) is 0 Å². The molecule has 0 aromatic heterocycles. The van der Waals surface area contributed by atoms with E-state index in [0.29, 0.717) is 5.56 Å². The molecule has 0 aliphatic heterocycles. The van der Waals surface area contributed by atoms with Gasteiger partial charge >= 0.3 is 0 Å². The van der Waals surface area contributed by atoms with Gasteiger partial charge in [-0.25, -0.2) is 4.39 Å². The maximum atomic E-state index is 13.5. The van der Waals surface area contributed by atoms with E-state index >= 15 is 0 Å². The molecule has 4 heteroatoms. The molecule has 2 unspecified atom stereocenters. The second kappa shape index (κ2) is 5.27. The molecule has 0 heterocycles. The lowest BCUT2D eigenvalue weighted by atomic mass is 9.94. The second-order valence-electron chi connectivity index (χ2n) is 4.58. The molecular weight excluding hydrogens is 285 g/mol. The molecule has 2 rings (SSSR count). The second-order valence-corrected chi connectivity index (χ2v) is 5.50. The van der Waals surface area contributed by atoms with E-state index in [9.17, 15) is 9.18 Å². The Balaban J connectivity index is 2.10. The Kier molecular flexibility index (Phi) is 3.94. The van der Waals surface area contributed by atoms with Crippen molar-refractivity contribution in [3.05, 3.63) is 34.1 Å². The van der Waals surface area contributed by atoms with Crippen LogP contribution in [0.5, 0.6) is 0 Å². The van der Waals surface area contributed by atoms with Crippen molar-refractivity contribution >= 4 is 21.7 Å². The minimum Gasteiger partial charge on any atom is -0.327 e. The summed E-state index contributed by atoms with van der Waals surface area (Å²) in [4.78, 5) is 12.0. The van der Waals surface area contributed by atoms with Gasteiger partial charge in [0.25, 0.3) is 0 Å². The first kappa shape index (κ1) is 12.7. The van der Waals surface area contributed by atoms with E-state index in [1.54, 1.807) is 12.1 Å². The van der Waals surface area contributed by atoms with Crippen molar-refractivity contribution in [2.24, 2.45) is 11.7 Å². The van der Waals surface area contributed by atoms with Crippen molar-refractivity contribution in [3.8, 4) is 0 Å². The third-order valence-electron chi connectivity index (χ3n) is 3.36. The monoisotopic (exact) mass is 299 g/mol. The van der Waals surface area contributed by atoms with E-state index in [1.807, 2.05) is 0 Å². The van der Waals surface area contributed by atoms with Crippen LogP contribution in [0.25, 0.3) is 0 Å². The largest absolute Gasteiger partial charge is 0.327 e. The van der Waals surface area contributed by atoms with Crippen LogP contribution >= 0.6 is 15.9 Å². The molecular formula is C13H15BrFNO. The minimum atomic E-state index is -0.326. The fourth-order valence-electron chi connectivity index (χ4n) is 2.39. The molecule has 2 nitrogen and oxygen atoms in total. The van der Waals surface area contributed by atoms with E-state index < -0.39 is 0 Å². The zero-order valence-corrected chi connectivity index (χ0v) is 11.0. The number of benzene rings is 1. The minimum absolute atomic E-state index is 0.0438. The standard InChI is InChI=1S/C13H15BrFNO/c14-9-4-5-11(15)8(6-9)7-13(17)10-2-1-3-12(10)16/h4-6,10,12H,1-3,7,16H2. The predicted octanol–water partition coefficient (Wildman–Crippen LogP) is 2.83. The first-order valence-electron chi connectivity index (χ1n) is 5.80. The quantitative estimate of drug-likeness (QED) is 0.933. The highest BCUT2D eigenvalue weighted by molar-refractivity contribution is 9.10. The topological polar surface area (TPSA) is 43.1 Å². The molecule has 2 N–H and O–H groups in total. The van der Waals surface area contributed by atoms with Crippen molar-refractivity contribution in [3.63, 3.8) is 0 Å². The van der Waals surface area contributed by atoms with Gasteiger partial charge in [0.05, 0.1) is 0 Å². The van der Waals surface area contributed by atoms with Gasteiger partial charge in [0, 0.05) is 22.9 Å². The van der Waals surface area contributed by atoms with Crippen LogP contribution in [0.15, 0.2) is 22.7 Å². The van der Waals surface area contributed by atoms with Gasteiger partial charge in [-0.3, -0.25) is 4.79 Å². The number of carbonyl (C=O) groups is 1. The summed E-state index contributed by atoms with van der Waals surface area (Å²) >= 11 is 3.28. The molecule has 1 fully saturated rings. The van der Waals surface area contributed by atoms with E-state index in [-0.39, 0.29) is 30.0 Å². The number of rotatable bonds is 3. The van der Waals surface area contributed by atoms with Crippen LogP contribution < -0.4 is 5.73 Å². The lowest BCUT2D eigenvalue weighted by Crippen LogP contribution is -2.31. The van der Waals surface area contributed by atoms with E-state index in [4.69, 9.17) is 5.73 Å². The SMILES string of the molecule is NC1CCCC1C(=O)Cc1cc(Br)ccc1F.